The molecule has 0 radical (unpaired) electrons. The van der Waals surface area contributed by atoms with Gasteiger partial charge in [0, 0.05) is 4.90 Å². The zero-order chi connectivity index (χ0) is 10.8. The molecule has 0 aromatic heterocycles. The Labute approximate surface area is 83.3 Å². The van der Waals surface area contributed by atoms with Crippen molar-refractivity contribution in [2.75, 3.05) is 5.75 Å². The molecule has 0 unspecified atom stereocenters. The molecule has 0 nitrogen and oxygen atoms in total. The van der Waals surface area contributed by atoms with Crippen molar-refractivity contribution in [1.82, 2.24) is 0 Å². The van der Waals surface area contributed by atoms with Gasteiger partial charge in [0.15, 0.2) is 0 Å². The molecule has 0 amide bonds. The zero-order valence-electron chi connectivity index (χ0n) is 7.36. The summed E-state index contributed by atoms with van der Waals surface area (Å²) in [6, 6.07) is 3.81. The molecule has 0 aliphatic carbocycles. The Kier molecular flexibility index (Phi) is 3.42. The Morgan fingerprint density at radius 3 is 2.50 bits per heavy atom. The summed E-state index contributed by atoms with van der Waals surface area (Å²) >= 11 is 0.603. The summed E-state index contributed by atoms with van der Waals surface area (Å²) in [4.78, 5) is 0.335. The lowest BCUT2D eigenvalue weighted by molar-refractivity contribution is -0.105. The van der Waals surface area contributed by atoms with E-state index < -0.39 is 17.7 Å². The maximum atomic E-state index is 12.7. The van der Waals surface area contributed by atoms with E-state index >= 15 is 0 Å². The van der Waals surface area contributed by atoms with E-state index in [-0.39, 0.29) is 0 Å². The minimum atomic E-state index is -4.22. The average molecular weight is 224 g/mol. The van der Waals surface area contributed by atoms with Crippen LogP contribution in [0.4, 0.5) is 17.6 Å². The number of thioether (sulfide) groups is 1. The van der Waals surface area contributed by atoms with Crippen LogP contribution in [0.5, 0.6) is 0 Å². The second kappa shape index (κ2) is 4.21. The van der Waals surface area contributed by atoms with Crippen LogP contribution in [0, 0.1) is 12.7 Å². The molecule has 5 heteroatoms. The molecular formula is C9H8F4S. The monoisotopic (exact) mass is 224 g/mol. The molecule has 1 aromatic carbocycles. The number of hydrogen-bond acceptors (Lipinski definition) is 1. The molecule has 0 saturated heterocycles. The van der Waals surface area contributed by atoms with Crippen molar-refractivity contribution >= 4 is 11.8 Å². The predicted molar refractivity (Wildman–Crippen MR) is 47.9 cm³/mol. The van der Waals surface area contributed by atoms with Crippen LogP contribution < -0.4 is 0 Å². The average Bonchev–Trinajstić information content (AvgIpc) is 2.05. The molecule has 0 aliphatic heterocycles. The van der Waals surface area contributed by atoms with Crippen LogP contribution in [-0.4, -0.2) is 11.9 Å². The molecule has 14 heavy (non-hydrogen) atoms. The highest BCUT2D eigenvalue weighted by Crippen LogP contribution is 2.29. The van der Waals surface area contributed by atoms with Crippen molar-refractivity contribution in [3.63, 3.8) is 0 Å². The maximum Gasteiger partial charge on any atom is 0.398 e. The normalized spacial score (nSPS) is 11.8. The van der Waals surface area contributed by atoms with Crippen LogP contribution in [0.25, 0.3) is 0 Å². The summed E-state index contributed by atoms with van der Waals surface area (Å²) in [6.45, 7) is 1.65. The first-order chi connectivity index (χ1) is 6.38. The fourth-order valence-corrected chi connectivity index (χ4v) is 1.70. The summed E-state index contributed by atoms with van der Waals surface area (Å²) < 4.78 is 48.2. The number of hydrogen-bond donors (Lipinski definition) is 0. The first kappa shape index (κ1) is 11.4. The summed E-state index contributed by atoms with van der Waals surface area (Å²) in [5, 5.41) is 0. The van der Waals surface area contributed by atoms with E-state index in [2.05, 4.69) is 0 Å². The van der Waals surface area contributed by atoms with Crippen molar-refractivity contribution in [2.45, 2.75) is 18.0 Å². The predicted octanol–water partition coefficient (Wildman–Crippen LogP) is 3.79. The number of alkyl halides is 3. The summed E-state index contributed by atoms with van der Waals surface area (Å²) in [7, 11) is 0. The fourth-order valence-electron chi connectivity index (χ4n) is 0.889. The Bertz CT molecular complexity index is 319. The first-order valence-electron chi connectivity index (χ1n) is 3.84. The Morgan fingerprint density at radius 1 is 1.29 bits per heavy atom. The van der Waals surface area contributed by atoms with Crippen LogP contribution in [-0.2, 0) is 0 Å². The highest BCUT2D eigenvalue weighted by Gasteiger charge is 2.27. The molecule has 78 valence electrons. The van der Waals surface area contributed by atoms with Crippen LogP contribution in [0.15, 0.2) is 23.1 Å². The Balaban J connectivity index is 2.72. The minimum absolute atomic E-state index is 0.335. The van der Waals surface area contributed by atoms with Crippen LogP contribution in [0.1, 0.15) is 5.56 Å². The quantitative estimate of drug-likeness (QED) is 0.544. The van der Waals surface area contributed by atoms with Crippen LogP contribution in [0.3, 0.4) is 0 Å². The largest absolute Gasteiger partial charge is 0.398 e. The zero-order valence-corrected chi connectivity index (χ0v) is 8.18. The highest BCUT2D eigenvalue weighted by molar-refractivity contribution is 7.99. The molecule has 0 N–H and O–H groups in total. The van der Waals surface area contributed by atoms with E-state index in [1.165, 1.54) is 12.1 Å². The molecule has 0 spiro atoms. The lowest BCUT2D eigenvalue weighted by atomic mass is 10.2. The van der Waals surface area contributed by atoms with Gasteiger partial charge in [-0.05, 0) is 24.6 Å². The lowest BCUT2D eigenvalue weighted by Crippen LogP contribution is -2.10. The second-order valence-electron chi connectivity index (χ2n) is 2.81. The number of rotatable bonds is 2. The molecule has 0 fully saturated rings. The smallest absolute Gasteiger partial charge is 0.207 e. The Morgan fingerprint density at radius 2 is 1.93 bits per heavy atom. The van der Waals surface area contributed by atoms with Gasteiger partial charge in [0.1, 0.15) is 5.82 Å². The van der Waals surface area contributed by atoms with Crippen LogP contribution in [0.2, 0.25) is 0 Å². The van der Waals surface area contributed by atoms with Gasteiger partial charge in [0.05, 0.1) is 5.75 Å². The first-order valence-corrected chi connectivity index (χ1v) is 4.83. The van der Waals surface area contributed by atoms with Gasteiger partial charge in [0.25, 0.3) is 0 Å². The molecule has 0 bridgehead atoms. The summed E-state index contributed by atoms with van der Waals surface area (Å²) in [5.74, 6) is -1.50. The van der Waals surface area contributed by atoms with E-state index in [4.69, 9.17) is 0 Å². The van der Waals surface area contributed by atoms with E-state index in [9.17, 15) is 17.6 Å². The van der Waals surface area contributed by atoms with Gasteiger partial charge in [0.2, 0.25) is 0 Å². The van der Waals surface area contributed by atoms with Gasteiger partial charge in [-0.25, -0.2) is 4.39 Å². The van der Waals surface area contributed by atoms with Crippen molar-refractivity contribution in [3.05, 3.63) is 29.6 Å². The Hall–Kier alpha value is -0.710. The molecule has 0 aliphatic rings. The maximum absolute atomic E-state index is 12.7. The number of benzene rings is 1. The number of halogens is 4. The van der Waals surface area contributed by atoms with E-state index in [0.717, 1.165) is 6.07 Å². The van der Waals surface area contributed by atoms with Crippen LogP contribution >= 0.6 is 11.8 Å². The lowest BCUT2D eigenvalue weighted by Gasteiger charge is -2.07. The molecular weight excluding hydrogens is 216 g/mol. The SMILES string of the molecule is Cc1ccc(F)cc1SCC(F)(F)F. The van der Waals surface area contributed by atoms with Gasteiger partial charge < -0.3 is 0 Å². The standard InChI is InChI=1S/C9H8F4S/c1-6-2-3-7(10)4-8(6)14-5-9(11,12)13/h2-4H,5H2,1H3. The topological polar surface area (TPSA) is 0 Å². The van der Waals surface area contributed by atoms with Crippen molar-refractivity contribution in [3.8, 4) is 0 Å². The molecule has 1 aromatic rings. The minimum Gasteiger partial charge on any atom is -0.207 e. The van der Waals surface area contributed by atoms with E-state index in [1.54, 1.807) is 6.92 Å². The second-order valence-corrected chi connectivity index (χ2v) is 3.83. The van der Waals surface area contributed by atoms with Crippen molar-refractivity contribution in [2.24, 2.45) is 0 Å². The van der Waals surface area contributed by atoms with Crippen molar-refractivity contribution < 1.29 is 17.6 Å². The molecule has 0 saturated carbocycles. The van der Waals surface area contributed by atoms with Gasteiger partial charge in [-0.2, -0.15) is 13.2 Å². The van der Waals surface area contributed by atoms with Gasteiger partial charge >= 0.3 is 6.18 Å². The van der Waals surface area contributed by atoms with E-state index in [0.29, 0.717) is 22.2 Å². The third kappa shape index (κ3) is 3.57. The molecule has 0 heterocycles. The summed E-state index contributed by atoms with van der Waals surface area (Å²) in [6.07, 6.45) is -4.22. The molecule has 0 atom stereocenters. The third-order valence-electron chi connectivity index (χ3n) is 1.54. The summed E-state index contributed by atoms with van der Waals surface area (Å²) in [5.41, 5.74) is 0.653. The van der Waals surface area contributed by atoms with Gasteiger partial charge in [-0.3, -0.25) is 0 Å². The fraction of sp³-hybridized carbons (Fsp3) is 0.333. The molecule has 1 rings (SSSR count). The number of aryl methyl sites for hydroxylation is 1. The third-order valence-corrected chi connectivity index (χ3v) is 2.76. The van der Waals surface area contributed by atoms with Crippen molar-refractivity contribution in [1.29, 1.82) is 0 Å². The highest BCUT2D eigenvalue weighted by atomic mass is 32.2. The van der Waals surface area contributed by atoms with Gasteiger partial charge in [-0.1, -0.05) is 6.07 Å². The van der Waals surface area contributed by atoms with E-state index in [1.807, 2.05) is 0 Å². The van der Waals surface area contributed by atoms with Gasteiger partial charge in [-0.15, -0.1) is 11.8 Å².